The average Bonchev–Trinajstić information content (AvgIpc) is 2.22. The van der Waals surface area contributed by atoms with E-state index in [0.717, 1.165) is 5.56 Å². The van der Waals surface area contributed by atoms with Gasteiger partial charge < -0.3 is 20.7 Å². The molecule has 0 saturated carbocycles. The third-order valence-electron chi connectivity index (χ3n) is 2.14. The van der Waals surface area contributed by atoms with Crippen molar-refractivity contribution in [1.82, 2.24) is 0 Å². The molecule has 1 aromatic carbocycles. The highest BCUT2D eigenvalue weighted by atomic mass is 35.5. The first-order chi connectivity index (χ1) is 7.10. The number of phenolic OH excluding ortho intramolecular Hbond substituents is 1. The summed E-state index contributed by atoms with van der Waals surface area (Å²) in [5.41, 5.74) is 6.52. The van der Waals surface area contributed by atoms with Crippen LogP contribution in [0.5, 0.6) is 11.5 Å². The van der Waals surface area contributed by atoms with Gasteiger partial charge in [0.2, 0.25) is 0 Å². The molecule has 0 aromatic heterocycles. The van der Waals surface area contributed by atoms with Crippen LogP contribution in [-0.2, 0) is 0 Å². The molecule has 0 amide bonds. The number of aliphatic hydroxyl groups is 1. The van der Waals surface area contributed by atoms with Crippen LogP contribution in [0.3, 0.4) is 0 Å². The first-order valence-electron chi connectivity index (χ1n) is 4.53. The Morgan fingerprint density at radius 2 is 2.12 bits per heavy atom. The van der Waals surface area contributed by atoms with Crippen LogP contribution in [0.4, 0.5) is 0 Å². The zero-order chi connectivity index (χ0) is 11.4. The predicted octanol–water partition coefficient (Wildman–Crippen LogP) is 1.86. The second kappa shape index (κ2) is 6.81. The topological polar surface area (TPSA) is 75.7 Å². The van der Waals surface area contributed by atoms with E-state index in [-0.39, 0.29) is 41.6 Å². The highest BCUT2D eigenvalue weighted by molar-refractivity contribution is 6.32. The Balaban J connectivity index is 0.00000225. The lowest BCUT2D eigenvalue weighted by molar-refractivity contribution is 0.276. The molecular formula is C10H15Cl2NO3. The number of ether oxygens (including phenoxy) is 1. The van der Waals surface area contributed by atoms with Crippen LogP contribution < -0.4 is 10.5 Å². The molecule has 92 valence electrons. The van der Waals surface area contributed by atoms with E-state index in [2.05, 4.69) is 0 Å². The lowest BCUT2D eigenvalue weighted by atomic mass is 10.0. The van der Waals surface area contributed by atoms with Crippen molar-refractivity contribution in [2.45, 2.75) is 12.5 Å². The first kappa shape index (κ1) is 15.3. The Morgan fingerprint density at radius 1 is 1.50 bits per heavy atom. The molecule has 0 aliphatic heterocycles. The van der Waals surface area contributed by atoms with Crippen molar-refractivity contribution < 1.29 is 14.9 Å². The van der Waals surface area contributed by atoms with Crippen molar-refractivity contribution in [2.24, 2.45) is 5.73 Å². The van der Waals surface area contributed by atoms with Gasteiger partial charge in [0, 0.05) is 12.6 Å². The van der Waals surface area contributed by atoms with Crippen LogP contribution in [0.2, 0.25) is 5.02 Å². The van der Waals surface area contributed by atoms with Crippen LogP contribution in [0.1, 0.15) is 18.0 Å². The molecule has 1 unspecified atom stereocenters. The number of hydrogen-bond donors (Lipinski definition) is 3. The smallest absolute Gasteiger partial charge is 0.176 e. The van der Waals surface area contributed by atoms with E-state index in [4.69, 9.17) is 27.2 Å². The van der Waals surface area contributed by atoms with Crippen molar-refractivity contribution in [3.63, 3.8) is 0 Å². The van der Waals surface area contributed by atoms with Gasteiger partial charge in [0.05, 0.1) is 12.1 Å². The fourth-order valence-electron chi connectivity index (χ4n) is 1.27. The van der Waals surface area contributed by atoms with Gasteiger partial charge in [-0.3, -0.25) is 0 Å². The summed E-state index contributed by atoms with van der Waals surface area (Å²) >= 11 is 5.79. The van der Waals surface area contributed by atoms with E-state index in [0.29, 0.717) is 6.42 Å². The molecule has 0 heterocycles. The quantitative estimate of drug-likeness (QED) is 0.779. The average molecular weight is 268 g/mol. The van der Waals surface area contributed by atoms with Gasteiger partial charge in [0.15, 0.2) is 11.5 Å². The summed E-state index contributed by atoms with van der Waals surface area (Å²) in [6, 6.07) is 2.86. The molecule has 1 rings (SSSR count). The van der Waals surface area contributed by atoms with E-state index < -0.39 is 0 Å². The molecule has 0 fully saturated rings. The third-order valence-corrected chi connectivity index (χ3v) is 2.43. The van der Waals surface area contributed by atoms with Crippen molar-refractivity contribution in [3.05, 3.63) is 22.7 Å². The van der Waals surface area contributed by atoms with Gasteiger partial charge >= 0.3 is 0 Å². The van der Waals surface area contributed by atoms with Crippen LogP contribution >= 0.6 is 24.0 Å². The van der Waals surface area contributed by atoms with E-state index in [1.54, 1.807) is 12.1 Å². The summed E-state index contributed by atoms with van der Waals surface area (Å²) in [5, 5.41) is 18.4. The molecule has 0 spiro atoms. The minimum atomic E-state index is -0.318. The monoisotopic (exact) mass is 267 g/mol. The fourth-order valence-corrected chi connectivity index (χ4v) is 1.49. The number of hydrogen-bond acceptors (Lipinski definition) is 4. The fraction of sp³-hybridized carbons (Fsp3) is 0.400. The van der Waals surface area contributed by atoms with E-state index in [1.807, 2.05) is 0 Å². The van der Waals surface area contributed by atoms with Gasteiger partial charge in [-0.15, -0.1) is 12.4 Å². The first-order valence-corrected chi connectivity index (χ1v) is 4.90. The second-order valence-corrected chi connectivity index (χ2v) is 3.58. The molecule has 16 heavy (non-hydrogen) atoms. The van der Waals surface area contributed by atoms with Gasteiger partial charge in [0.25, 0.3) is 0 Å². The Kier molecular flexibility index (Phi) is 6.52. The normalized spacial score (nSPS) is 11.8. The minimum Gasteiger partial charge on any atom is -0.503 e. The molecule has 0 bridgehead atoms. The van der Waals surface area contributed by atoms with Gasteiger partial charge in [-0.25, -0.2) is 0 Å². The Bertz CT molecular complexity index is 347. The minimum absolute atomic E-state index is 0. The van der Waals surface area contributed by atoms with E-state index in [9.17, 15) is 5.11 Å². The maximum atomic E-state index is 9.49. The van der Waals surface area contributed by atoms with Crippen molar-refractivity contribution in [2.75, 3.05) is 13.7 Å². The van der Waals surface area contributed by atoms with Crippen molar-refractivity contribution in [1.29, 1.82) is 0 Å². The van der Waals surface area contributed by atoms with Gasteiger partial charge in [0.1, 0.15) is 0 Å². The standard InChI is InChI=1S/C10H14ClNO3.ClH/c1-15-9-5-6(8(12)2-3-13)4-7(11)10(9)14;/h4-5,8,13-14H,2-3,12H2,1H3;1H. The molecule has 1 atom stereocenters. The Morgan fingerprint density at radius 3 is 2.62 bits per heavy atom. The number of aromatic hydroxyl groups is 1. The van der Waals surface area contributed by atoms with Crippen LogP contribution in [0, 0.1) is 0 Å². The van der Waals surface area contributed by atoms with Crippen LogP contribution in [-0.4, -0.2) is 23.9 Å². The lowest BCUT2D eigenvalue weighted by Gasteiger charge is -2.13. The van der Waals surface area contributed by atoms with E-state index in [1.165, 1.54) is 7.11 Å². The Hall–Kier alpha value is -0.680. The number of benzene rings is 1. The maximum Gasteiger partial charge on any atom is 0.176 e. The lowest BCUT2D eigenvalue weighted by Crippen LogP contribution is -2.12. The van der Waals surface area contributed by atoms with E-state index >= 15 is 0 Å². The molecule has 4 nitrogen and oxygen atoms in total. The Labute approximate surface area is 105 Å². The number of aliphatic hydroxyl groups excluding tert-OH is 1. The summed E-state index contributed by atoms with van der Waals surface area (Å²) in [7, 11) is 1.44. The summed E-state index contributed by atoms with van der Waals surface area (Å²) in [6.07, 6.45) is 0.435. The van der Waals surface area contributed by atoms with Gasteiger partial charge in [-0.1, -0.05) is 11.6 Å². The summed E-state index contributed by atoms with van der Waals surface area (Å²) in [5.74, 6) is 0.185. The largest absolute Gasteiger partial charge is 0.503 e. The molecule has 1 aromatic rings. The number of rotatable bonds is 4. The zero-order valence-corrected chi connectivity index (χ0v) is 10.4. The zero-order valence-electron chi connectivity index (χ0n) is 8.81. The van der Waals surface area contributed by atoms with Crippen molar-refractivity contribution in [3.8, 4) is 11.5 Å². The number of methoxy groups -OCH3 is 1. The highest BCUT2D eigenvalue weighted by Gasteiger charge is 2.13. The third kappa shape index (κ3) is 3.42. The van der Waals surface area contributed by atoms with Gasteiger partial charge in [-0.05, 0) is 24.1 Å². The van der Waals surface area contributed by atoms with Crippen molar-refractivity contribution >= 4 is 24.0 Å². The number of halogens is 2. The second-order valence-electron chi connectivity index (χ2n) is 3.17. The number of nitrogens with two attached hydrogens (primary N) is 1. The highest BCUT2D eigenvalue weighted by Crippen LogP contribution is 2.36. The molecule has 6 heteroatoms. The molecule has 0 aliphatic rings. The van der Waals surface area contributed by atoms with Gasteiger partial charge in [-0.2, -0.15) is 0 Å². The van der Waals surface area contributed by atoms with Crippen LogP contribution in [0.15, 0.2) is 12.1 Å². The molecule has 0 aliphatic carbocycles. The molecule has 0 saturated heterocycles. The van der Waals surface area contributed by atoms with Crippen LogP contribution in [0.25, 0.3) is 0 Å². The summed E-state index contributed by atoms with van der Waals surface area (Å²) < 4.78 is 4.94. The molecule has 0 radical (unpaired) electrons. The molecular weight excluding hydrogens is 253 g/mol. The number of phenols is 1. The maximum absolute atomic E-state index is 9.49. The summed E-state index contributed by atoms with van der Waals surface area (Å²) in [6.45, 7) is 0.00196. The molecule has 4 N–H and O–H groups in total. The summed E-state index contributed by atoms with van der Waals surface area (Å²) in [4.78, 5) is 0. The SMILES string of the molecule is COc1cc(C(N)CCO)cc(Cl)c1O.Cl. The predicted molar refractivity (Wildman–Crippen MR) is 65.5 cm³/mol.